The van der Waals surface area contributed by atoms with Crippen LogP contribution in [0.25, 0.3) is 0 Å². The van der Waals surface area contributed by atoms with E-state index in [1.165, 1.54) is 36.5 Å². The summed E-state index contributed by atoms with van der Waals surface area (Å²) in [6, 6.07) is 1.08. The van der Waals surface area contributed by atoms with E-state index in [4.69, 9.17) is 0 Å². The second-order valence-corrected chi connectivity index (χ2v) is 6.78. The van der Waals surface area contributed by atoms with Gasteiger partial charge in [-0.1, -0.05) is 18.6 Å². The lowest BCUT2D eigenvalue weighted by Crippen LogP contribution is -2.43. The molecule has 3 nitrogen and oxygen atoms in total. The molecular formula is C16H27N3S. The Balaban J connectivity index is 1.77. The van der Waals surface area contributed by atoms with Gasteiger partial charge in [0.25, 0.3) is 0 Å². The topological polar surface area (TPSA) is 28.2 Å². The first-order chi connectivity index (χ1) is 9.69. The molecule has 4 heteroatoms. The van der Waals surface area contributed by atoms with E-state index in [-0.39, 0.29) is 0 Å². The molecule has 0 aliphatic carbocycles. The van der Waals surface area contributed by atoms with Crippen LogP contribution < -0.4 is 5.32 Å². The molecule has 1 unspecified atom stereocenters. The van der Waals surface area contributed by atoms with E-state index in [1.54, 1.807) is 11.3 Å². The fraction of sp³-hybridized carbons (Fsp3) is 0.688. The van der Waals surface area contributed by atoms with Gasteiger partial charge in [-0.2, -0.15) is 0 Å². The molecule has 2 heterocycles. The van der Waals surface area contributed by atoms with Gasteiger partial charge in [0, 0.05) is 24.2 Å². The van der Waals surface area contributed by atoms with Crippen LogP contribution in [-0.2, 0) is 0 Å². The Bertz CT molecular complexity index is 401. The maximum Gasteiger partial charge on any atom is 0.109 e. The van der Waals surface area contributed by atoms with E-state index in [9.17, 15) is 0 Å². The Morgan fingerprint density at radius 1 is 1.50 bits per heavy atom. The Morgan fingerprint density at radius 3 is 2.80 bits per heavy atom. The fourth-order valence-electron chi connectivity index (χ4n) is 2.65. The summed E-state index contributed by atoms with van der Waals surface area (Å²) in [7, 11) is 0. The Morgan fingerprint density at radius 2 is 2.25 bits per heavy atom. The molecule has 112 valence electrons. The first kappa shape index (κ1) is 15.7. The smallest absolute Gasteiger partial charge is 0.109 e. The van der Waals surface area contributed by atoms with E-state index < -0.39 is 0 Å². The molecule has 0 bridgehead atoms. The predicted octanol–water partition coefficient (Wildman–Crippen LogP) is 3.61. The molecule has 1 aliphatic heterocycles. The lowest BCUT2D eigenvalue weighted by Gasteiger charge is -2.33. The molecule has 1 aromatic heterocycles. The zero-order valence-electron chi connectivity index (χ0n) is 12.9. The zero-order valence-corrected chi connectivity index (χ0v) is 13.7. The molecule has 0 aromatic carbocycles. The fourth-order valence-corrected chi connectivity index (χ4v) is 3.43. The third-order valence-electron chi connectivity index (χ3n) is 3.94. The standard InChI is InChI=1S/C16H27N3S/c1-4-15(16-17-8-12-20-16)18-14-6-10-19(11-7-14)9-5-13(2)3/h5,8,12,14-15,18H,4,6-7,9-11H2,1-3H3. The zero-order chi connectivity index (χ0) is 14.4. The van der Waals surface area contributed by atoms with Crippen LogP contribution in [0.4, 0.5) is 0 Å². The summed E-state index contributed by atoms with van der Waals surface area (Å²) in [6.07, 6.45) is 7.85. The predicted molar refractivity (Wildman–Crippen MR) is 87.2 cm³/mol. The van der Waals surface area contributed by atoms with E-state index in [0.717, 1.165) is 13.0 Å². The lowest BCUT2D eigenvalue weighted by molar-refractivity contribution is 0.205. The van der Waals surface area contributed by atoms with Crippen molar-refractivity contribution in [1.82, 2.24) is 15.2 Å². The van der Waals surface area contributed by atoms with Crippen molar-refractivity contribution in [3.8, 4) is 0 Å². The summed E-state index contributed by atoms with van der Waals surface area (Å²) in [5.41, 5.74) is 1.42. The maximum atomic E-state index is 4.45. The molecule has 1 fully saturated rings. The van der Waals surface area contributed by atoms with E-state index in [2.05, 4.69) is 47.4 Å². The number of rotatable bonds is 6. The van der Waals surface area contributed by atoms with Crippen molar-refractivity contribution in [3.05, 3.63) is 28.2 Å². The van der Waals surface area contributed by atoms with Gasteiger partial charge in [-0.15, -0.1) is 11.3 Å². The minimum absolute atomic E-state index is 0.435. The summed E-state index contributed by atoms with van der Waals surface area (Å²) in [6.45, 7) is 10.1. The first-order valence-corrected chi connectivity index (χ1v) is 8.58. The van der Waals surface area contributed by atoms with Gasteiger partial charge in [0.1, 0.15) is 5.01 Å². The van der Waals surface area contributed by atoms with Crippen LogP contribution >= 0.6 is 11.3 Å². The van der Waals surface area contributed by atoms with Gasteiger partial charge in [-0.05, 0) is 46.2 Å². The average molecular weight is 293 g/mol. The highest BCUT2D eigenvalue weighted by molar-refractivity contribution is 7.09. The number of piperidine rings is 1. The molecule has 0 amide bonds. The monoisotopic (exact) mass is 293 g/mol. The third kappa shape index (κ3) is 4.69. The molecule has 0 saturated carbocycles. The quantitative estimate of drug-likeness (QED) is 0.812. The third-order valence-corrected chi connectivity index (χ3v) is 4.83. The second kappa shape index (κ2) is 7.91. The number of allylic oxidation sites excluding steroid dienone is 1. The molecule has 2 rings (SSSR count). The Hall–Kier alpha value is -0.710. The summed E-state index contributed by atoms with van der Waals surface area (Å²) in [4.78, 5) is 7.01. The highest BCUT2D eigenvalue weighted by Gasteiger charge is 2.22. The number of aromatic nitrogens is 1. The van der Waals surface area contributed by atoms with Gasteiger partial charge in [0.2, 0.25) is 0 Å². The minimum Gasteiger partial charge on any atom is -0.305 e. The number of thiazole rings is 1. The Labute approximate surface area is 127 Å². The van der Waals surface area contributed by atoms with Crippen molar-refractivity contribution in [1.29, 1.82) is 0 Å². The van der Waals surface area contributed by atoms with Crippen LogP contribution in [-0.4, -0.2) is 35.6 Å². The number of hydrogen-bond acceptors (Lipinski definition) is 4. The van der Waals surface area contributed by atoms with Crippen molar-refractivity contribution in [2.75, 3.05) is 19.6 Å². The summed E-state index contributed by atoms with van der Waals surface area (Å²) in [5, 5.41) is 7.11. The number of nitrogens with zero attached hydrogens (tertiary/aromatic N) is 2. The molecular weight excluding hydrogens is 266 g/mol. The van der Waals surface area contributed by atoms with Crippen molar-refractivity contribution in [2.45, 2.75) is 52.1 Å². The largest absolute Gasteiger partial charge is 0.305 e. The summed E-state index contributed by atoms with van der Waals surface area (Å²) in [5.74, 6) is 0. The van der Waals surface area contributed by atoms with Crippen LogP contribution in [0.15, 0.2) is 23.2 Å². The van der Waals surface area contributed by atoms with Gasteiger partial charge in [-0.3, -0.25) is 4.90 Å². The van der Waals surface area contributed by atoms with Gasteiger partial charge >= 0.3 is 0 Å². The average Bonchev–Trinajstić information content (AvgIpc) is 2.97. The lowest BCUT2D eigenvalue weighted by atomic mass is 10.0. The van der Waals surface area contributed by atoms with Gasteiger partial charge < -0.3 is 5.32 Å². The van der Waals surface area contributed by atoms with Crippen molar-refractivity contribution >= 4 is 11.3 Å². The maximum absolute atomic E-state index is 4.45. The van der Waals surface area contributed by atoms with Crippen molar-refractivity contribution < 1.29 is 0 Å². The molecule has 20 heavy (non-hydrogen) atoms. The summed E-state index contributed by atoms with van der Waals surface area (Å²) >= 11 is 1.76. The number of hydrogen-bond donors (Lipinski definition) is 1. The van der Waals surface area contributed by atoms with Gasteiger partial charge in [-0.25, -0.2) is 4.98 Å². The molecule has 1 atom stereocenters. The highest BCUT2D eigenvalue weighted by atomic mass is 32.1. The van der Waals surface area contributed by atoms with E-state index in [0.29, 0.717) is 12.1 Å². The minimum atomic E-state index is 0.435. The van der Waals surface area contributed by atoms with Gasteiger partial charge in [0.05, 0.1) is 6.04 Å². The van der Waals surface area contributed by atoms with Gasteiger partial charge in [0.15, 0.2) is 0 Å². The van der Waals surface area contributed by atoms with Crippen LogP contribution in [0.2, 0.25) is 0 Å². The summed E-state index contributed by atoms with van der Waals surface area (Å²) < 4.78 is 0. The SMILES string of the molecule is CCC(NC1CCN(CC=C(C)C)CC1)c1nccs1. The van der Waals surface area contributed by atoms with Crippen LogP contribution in [0.3, 0.4) is 0 Å². The van der Waals surface area contributed by atoms with Crippen LogP contribution in [0, 0.1) is 0 Å². The van der Waals surface area contributed by atoms with E-state index in [1.807, 2.05) is 6.20 Å². The number of nitrogens with one attached hydrogen (secondary N) is 1. The second-order valence-electron chi connectivity index (χ2n) is 5.85. The van der Waals surface area contributed by atoms with Crippen LogP contribution in [0.5, 0.6) is 0 Å². The molecule has 1 aliphatic rings. The van der Waals surface area contributed by atoms with Crippen molar-refractivity contribution in [2.24, 2.45) is 0 Å². The molecule has 1 aromatic rings. The first-order valence-electron chi connectivity index (χ1n) is 7.70. The van der Waals surface area contributed by atoms with Crippen LogP contribution in [0.1, 0.15) is 51.1 Å². The molecule has 1 saturated heterocycles. The highest BCUT2D eigenvalue weighted by Crippen LogP contribution is 2.22. The normalized spacial score (nSPS) is 18.9. The molecule has 0 radical (unpaired) electrons. The Kier molecular flexibility index (Phi) is 6.20. The number of likely N-dealkylation sites (tertiary alicyclic amines) is 1. The van der Waals surface area contributed by atoms with Crippen molar-refractivity contribution in [3.63, 3.8) is 0 Å². The molecule has 1 N–H and O–H groups in total. The van der Waals surface area contributed by atoms with E-state index >= 15 is 0 Å². The molecule has 0 spiro atoms.